The number of carbonyl (C=O) groups is 1. The standard InChI is InChI=1S/C19H13N3O3S2/c23-18(16-12-26-19(21-16)13-5-2-1-3-6-13)22-27(24,25)17-8-4-7-14-11-20-10-9-15(14)17/h1-12H,(H,22,23). The number of thiazole rings is 1. The minimum atomic E-state index is -4.05. The molecule has 2 aromatic heterocycles. The lowest BCUT2D eigenvalue weighted by molar-refractivity contribution is 0.0977. The number of nitrogens with zero attached hydrogens (tertiary/aromatic N) is 2. The first-order chi connectivity index (χ1) is 13.0. The number of hydrogen-bond donors (Lipinski definition) is 1. The summed E-state index contributed by atoms with van der Waals surface area (Å²) in [5.41, 5.74) is 0.926. The van der Waals surface area contributed by atoms with E-state index >= 15 is 0 Å². The molecule has 1 N–H and O–H groups in total. The fourth-order valence-electron chi connectivity index (χ4n) is 2.65. The normalized spacial score (nSPS) is 11.4. The summed E-state index contributed by atoms with van der Waals surface area (Å²) >= 11 is 1.28. The summed E-state index contributed by atoms with van der Waals surface area (Å²) < 4.78 is 27.6. The smallest absolute Gasteiger partial charge is 0.266 e. The Morgan fingerprint density at radius 3 is 2.63 bits per heavy atom. The maximum atomic E-state index is 12.7. The minimum absolute atomic E-state index is 0.0225. The molecule has 0 unspecified atom stereocenters. The molecule has 0 radical (unpaired) electrons. The van der Waals surface area contributed by atoms with Crippen LogP contribution in [-0.4, -0.2) is 24.3 Å². The molecule has 4 aromatic rings. The average Bonchev–Trinajstić information content (AvgIpc) is 3.18. The number of aromatic nitrogens is 2. The highest BCUT2D eigenvalue weighted by molar-refractivity contribution is 7.90. The molecule has 0 bridgehead atoms. The van der Waals surface area contributed by atoms with Crippen LogP contribution < -0.4 is 4.72 Å². The van der Waals surface area contributed by atoms with Crippen LogP contribution in [0.5, 0.6) is 0 Å². The Bertz CT molecular complexity index is 1230. The van der Waals surface area contributed by atoms with Crippen LogP contribution in [-0.2, 0) is 10.0 Å². The van der Waals surface area contributed by atoms with Gasteiger partial charge in [-0.05, 0) is 12.1 Å². The summed E-state index contributed by atoms with van der Waals surface area (Å²) in [6.45, 7) is 0. The van der Waals surface area contributed by atoms with Gasteiger partial charge < -0.3 is 0 Å². The topological polar surface area (TPSA) is 89.0 Å². The van der Waals surface area contributed by atoms with E-state index in [0.29, 0.717) is 15.8 Å². The average molecular weight is 395 g/mol. The molecule has 4 rings (SSSR count). The highest BCUT2D eigenvalue weighted by atomic mass is 32.2. The zero-order chi connectivity index (χ0) is 18.9. The van der Waals surface area contributed by atoms with Crippen LogP contribution in [0.1, 0.15) is 10.5 Å². The van der Waals surface area contributed by atoms with Crippen molar-refractivity contribution in [2.75, 3.05) is 0 Å². The van der Waals surface area contributed by atoms with Crippen LogP contribution in [0.3, 0.4) is 0 Å². The number of fused-ring (bicyclic) bond motifs is 1. The molecular formula is C19H13N3O3S2. The Kier molecular flexibility index (Phi) is 4.43. The lowest BCUT2D eigenvalue weighted by Crippen LogP contribution is -2.31. The van der Waals surface area contributed by atoms with Gasteiger partial charge >= 0.3 is 0 Å². The third-order valence-electron chi connectivity index (χ3n) is 3.91. The number of pyridine rings is 1. The molecule has 0 aliphatic rings. The van der Waals surface area contributed by atoms with Crippen molar-refractivity contribution in [3.63, 3.8) is 0 Å². The van der Waals surface area contributed by atoms with E-state index < -0.39 is 15.9 Å². The molecule has 0 spiro atoms. The van der Waals surface area contributed by atoms with Crippen molar-refractivity contribution in [2.24, 2.45) is 0 Å². The van der Waals surface area contributed by atoms with Gasteiger partial charge in [-0.2, -0.15) is 0 Å². The second kappa shape index (κ2) is 6.90. The first-order valence-electron chi connectivity index (χ1n) is 7.95. The second-order valence-corrected chi connectivity index (χ2v) is 8.20. The maximum Gasteiger partial charge on any atom is 0.284 e. The fourth-order valence-corrected chi connectivity index (χ4v) is 4.65. The van der Waals surface area contributed by atoms with E-state index in [2.05, 4.69) is 14.7 Å². The third-order valence-corrected chi connectivity index (χ3v) is 6.20. The number of carbonyl (C=O) groups excluding carboxylic acids is 1. The third kappa shape index (κ3) is 3.44. The molecule has 0 saturated carbocycles. The molecule has 2 aromatic carbocycles. The Balaban J connectivity index is 1.63. The summed E-state index contributed by atoms with van der Waals surface area (Å²) in [5.74, 6) is -0.764. The zero-order valence-corrected chi connectivity index (χ0v) is 15.5. The zero-order valence-electron chi connectivity index (χ0n) is 13.9. The van der Waals surface area contributed by atoms with Gasteiger partial charge in [0.1, 0.15) is 10.7 Å². The molecule has 6 nitrogen and oxygen atoms in total. The fraction of sp³-hybridized carbons (Fsp3) is 0. The van der Waals surface area contributed by atoms with Gasteiger partial charge in [-0.3, -0.25) is 9.78 Å². The number of sulfonamides is 1. The van der Waals surface area contributed by atoms with Crippen LogP contribution in [0.4, 0.5) is 0 Å². The van der Waals surface area contributed by atoms with Crippen molar-refractivity contribution in [2.45, 2.75) is 4.90 Å². The highest BCUT2D eigenvalue weighted by Gasteiger charge is 2.22. The quantitative estimate of drug-likeness (QED) is 0.571. The van der Waals surface area contributed by atoms with Gasteiger partial charge in [-0.25, -0.2) is 18.1 Å². The van der Waals surface area contributed by atoms with E-state index in [1.165, 1.54) is 23.6 Å². The molecule has 2 heterocycles. The van der Waals surface area contributed by atoms with Crippen LogP contribution in [0.2, 0.25) is 0 Å². The minimum Gasteiger partial charge on any atom is -0.266 e. The van der Waals surface area contributed by atoms with Gasteiger partial charge in [-0.1, -0.05) is 42.5 Å². The second-order valence-electron chi connectivity index (χ2n) is 5.69. The van der Waals surface area contributed by atoms with Crippen molar-refractivity contribution in [3.05, 3.63) is 78.1 Å². The molecule has 1 amide bonds. The number of hydrogen-bond acceptors (Lipinski definition) is 6. The van der Waals surface area contributed by atoms with Crippen LogP contribution in [0.25, 0.3) is 21.3 Å². The summed E-state index contributed by atoms with van der Waals surface area (Å²) in [6, 6.07) is 15.8. The monoisotopic (exact) mass is 395 g/mol. The largest absolute Gasteiger partial charge is 0.284 e. The van der Waals surface area contributed by atoms with E-state index in [-0.39, 0.29) is 10.6 Å². The van der Waals surface area contributed by atoms with Gasteiger partial charge in [0.25, 0.3) is 15.9 Å². The number of rotatable bonds is 4. The molecule has 0 aliphatic heterocycles. The van der Waals surface area contributed by atoms with Crippen LogP contribution in [0, 0.1) is 0 Å². The number of amides is 1. The first kappa shape index (κ1) is 17.3. The lowest BCUT2D eigenvalue weighted by Gasteiger charge is -2.08. The van der Waals surface area contributed by atoms with E-state index in [9.17, 15) is 13.2 Å². The Hall–Kier alpha value is -3.10. The van der Waals surface area contributed by atoms with E-state index in [1.807, 2.05) is 30.3 Å². The van der Waals surface area contributed by atoms with Gasteiger partial charge in [0, 0.05) is 34.1 Å². The van der Waals surface area contributed by atoms with Gasteiger partial charge in [0.2, 0.25) is 0 Å². The lowest BCUT2D eigenvalue weighted by atomic mass is 10.2. The molecule has 0 fully saturated rings. The molecule has 134 valence electrons. The van der Waals surface area contributed by atoms with Crippen molar-refractivity contribution in [1.29, 1.82) is 0 Å². The Morgan fingerprint density at radius 1 is 1.00 bits per heavy atom. The number of nitrogens with one attached hydrogen (secondary N) is 1. The highest BCUT2D eigenvalue weighted by Crippen LogP contribution is 2.24. The summed E-state index contributed by atoms with van der Waals surface area (Å²) in [4.78, 5) is 20.7. The molecule has 8 heteroatoms. The van der Waals surface area contributed by atoms with Gasteiger partial charge in [0.05, 0.1) is 4.90 Å². The van der Waals surface area contributed by atoms with Crippen molar-refractivity contribution < 1.29 is 13.2 Å². The number of benzene rings is 2. The van der Waals surface area contributed by atoms with E-state index in [1.54, 1.807) is 29.8 Å². The Morgan fingerprint density at radius 2 is 1.81 bits per heavy atom. The predicted octanol–water partition coefficient (Wildman–Crippen LogP) is 3.48. The van der Waals surface area contributed by atoms with Crippen molar-refractivity contribution in [1.82, 2.24) is 14.7 Å². The van der Waals surface area contributed by atoms with Crippen molar-refractivity contribution >= 4 is 38.0 Å². The maximum absolute atomic E-state index is 12.7. The predicted molar refractivity (Wildman–Crippen MR) is 104 cm³/mol. The molecule has 27 heavy (non-hydrogen) atoms. The Labute approximate surface area is 159 Å². The van der Waals surface area contributed by atoms with Crippen LogP contribution in [0.15, 0.2) is 77.3 Å². The van der Waals surface area contributed by atoms with E-state index in [0.717, 1.165) is 5.56 Å². The molecular weight excluding hydrogens is 382 g/mol. The van der Waals surface area contributed by atoms with Gasteiger partial charge in [-0.15, -0.1) is 11.3 Å². The van der Waals surface area contributed by atoms with Crippen molar-refractivity contribution in [3.8, 4) is 10.6 Å². The van der Waals surface area contributed by atoms with Gasteiger partial charge in [0.15, 0.2) is 0 Å². The van der Waals surface area contributed by atoms with Crippen LogP contribution >= 0.6 is 11.3 Å². The molecule has 0 atom stereocenters. The molecule has 0 saturated heterocycles. The summed E-state index contributed by atoms with van der Waals surface area (Å²) in [6.07, 6.45) is 3.08. The summed E-state index contributed by atoms with van der Waals surface area (Å²) in [7, 11) is -4.05. The van der Waals surface area contributed by atoms with E-state index in [4.69, 9.17) is 0 Å². The SMILES string of the molecule is O=C(NS(=O)(=O)c1cccc2cnccc12)c1csc(-c2ccccc2)n1. The first-order valence-corrected chi connectivity index (χ1v) is 10.3. The summed E-state index contributed by atoms with van der Waals surface area (Å²) in [5, 5.41) is 3.36. The molecule has 0 aliphatic carbocycles.